The largest absolute Gasteiger partial charge is 0.573 e. The molecular weight excluding hydrogens is 349 g/mol. The number of anilines is 1. The molecule has 0 unspecified atom stereocenters. The maximum absolute atomic E-state index is 12.4. The van der Waals surface area contributed by atoms with Crippen molar-refractivity contribution >= 4 is 17.0 Å². The highest BCUT2D eigenvalue weighted by molar-refractivity contribution is 5.74. The number of alkyl halides is 3. The Bertz CT molecular complexity index is 880. The molecular formula is C16H17F3N6O. The molecule has 0 amide bonds. The first-order chi connectivity index (χ1) is 12.5. The summed E-state index contributed by atoms with van der Waals surface area (Å²) in [5.74, 6) is 0.305. The van der Waals surface area contributed by atoms with Gasteiger partial charge in [-0.2, -0.15) is 4.68 Å². The minimum absolute atomic E-state index is 0.333. The lowest BCUT2D eigenvalue weighted by Crippen LogP contribution is -2.17. The Morgan fingerprint density at radius 1 is 1.15 bits per heavy atom. The molecule has 0 atom stereocenters. The lowest BCUT2D eigenvalue weighted by molar-refractivity contribution is -0.274. The van der Waals surface area contributed by atoms with Crippen molar-refractivity contribution in [2.75, 3.05) is 25.5 Å². The van der Waals surface area contributed by atoms with Crippen molar-refractivity contribution in [2.24, 2.45) is 0 Å². The van der Waals surface area contributed by atoms with E-state index in [0.29, 0.717) is 22.7 Å². The number of fused-ring (bicyclic) bond motifs is 1. The zero-order chi connectivity index (χ0) is 18.6. The van der Waals surface area contributed by atoms with E-state index < -0.39 is 6.36 Å². The molecule has 10 heteroatoms. The molecule has 3 aromatic rings. The first kappa shape index (κ1) is 17.9. The highest BCUT2D eigenvalue weighted by Gasteiger charge is 2.31. The van der Waals surface area contributed by atoms with Crippen molar-refractivity contribution in [1.29, 1.82) is 0 Å². The highest BCUT2D eigenvalue weighted by atomic mass is 19.4. The van der Waals surface area contributed by atoms with Crippen LogP contribution in [0.3, 0.4) is 0 Å². The van der Waals surface area contributed by atoms with Gasteiger partial charge in [0.25, 0.3) is 0 Å². The average Bonchev–Trinajstić information content (AvgIpc) is 3.01. The van der Waals surface area contributed by atoms with Crippen LogP contribution < -0.4 is 15.4 Å². The Morgan fingerprint density at radius 3 is 2.77 bits per heavy atom. The SMILES string of the molecule is CNCCCNc1ccc2nnn(-c3cccc(OC(F)(F)F)c3)c2n1. The molecule has 2 N–H and O–H groups in total. The smallest absolute Gasteiger partial charge is 0.406 e. The summed E-state index contributed by atoms with van der Waals surface area (Å²) in [6, 6.07) is 9.04. The Hall–Kier alpha value is -2.88. The molecule has 0 radical (unpaired) electrons. The fourth-order valence-electron chi connectivity index (χ4n) is 2.38. The van der Waals surface area contributed by atoms with Gasteiger partial charge in [0.2, 0.25) is 0 Å². The molecule has 1 aromatic carbocycles. The molecule has 138 valence electrons. The van der Waals surface area contributed by atoms with E-state index in [4.69, 9.17) is 0 Å². The Balaban J connectivity index is 1.87. The topological polar surface area (TPSA) is 76.9 Å². The third-order valence-electron chi connectivity index (χ3n) is 3.50. The van der Waals surface area contributed by atoms with Crippen LogP contribution in [-0.4, -0.2) is 46.5 Å². The molecule has 7 nitrogen and oxygen atoms in total. The van der Waals surface area contributed by atoms with Crippen molar-refractivity contribution in [3.05, 3.63) is 36.4 Å². The molecule has 2 aromatic heterocycles. The predicted molar refractivity (Wildman–Crippen MR) is 90.4 cm³/mol. The van der Waals surface area contributed by atoms with Gasteiger partial charge in [0, 0.05) is 12.6 Å². The maximum Gasteiger partial charge on any atom is 0.573 e. The molecule has 0 bridgehead atoms. The van der Waals surface area contributed by atoms with E-state index >= 15 is 0 Å². The Labute approximate surface area is 147 Å². The Kier molecular flexibility index (Phi) is 5.21. The summed E-state index contributed by atoms with van der Waals surface area (Å²) in [5, 5.41) is 14.2. The van der Waals surface area contributed by atoms with Crippen LogP contribution in [0.25, 0.3) is 16.9 Å². The molecule has 3 rings (SSSR count). The van der Waals surface area contributed by atoms with Crippen LogP contribution in [0.15, 0.2) is 36.4 Å². The summed E-state index contributed by atoms with van der Waals surface area (Å²) in [6.07, 6.45) is -3.84. The summed E-state index contributed by atoms with van der Waals surface area (Å²) < 4.78 is 42.6. The van der Waals surface area contributed by atoms with Crippen LogP contribution in [0.2, 0.25) is 0 Å². The number of nitrogens with one attached hydrogen (secondary N) is 2. The van der Waals surface area contributed by atoms with Gasteiger partial charge in [-0.05, 0) is 44.3 Å². The van der Waals surface area contributed by atoms with Crippen molar-refractivity contribution in [3.8, 4) is 11.4 Å². The van der Waals surface area contributed by atoms with Crippen molar-refractivity contribution < 1.29 is 17.9 Å². The van der Waals surface area contributed by atoms with E-state index in [2.05, 4.69) is 30.7 Å². The monoisotopic (exact) mass is 366 g/mol. The fourth-order valence-corrected chi connectivity index (χ4v) is 2.38. The summed E-state index contributed by atoms with van der Waals surface area (Å²) in [7, 11) is 1.88. The zero-order valence-electron chi connectivity index (χ0n) is 13.9. The average molecular weight is 366 g/mol. The van der Waals surface area contributed by atoms with Crippen LogP contribution in [0.1, 0.15) is 6.42 Å². The van der Waals surface area contributed by atoms with Gasteiger partial charge in [0.1, 0.15) is 17.1 Å². The van der Waals surface area contributed by atoms with Crippen LogP contribution in [0.4, 0.5) is 19.0 Å². The van der Waals surface area contributed by atoms with Crippen LogP contribution >= 0.6 is 0 Å². The van der Waals surface area contributed by atoms with Gasteiger partial charge in [-0.15, -0.1) is 18.3 Å². The number of ether oxygens (including phenoxy) is 1. The first-order valence-electron chi connectivity index (χ1n) is 7.93. The van der Waals surface area contributed by atoms with Gasteiger partial charge in [-0.1, -0.05) is 11.3 Å². The first-order valence-corrected chi connectivity index (χ1v) is 7.93. The van der Waals surface area contributed by atoms with E-state index in [9.17, 15) is 13.2 Å². The number of halogens is 3. The Morgan fingerprint density at radius 2 is 2.00 bits per heavy atom. The summed E-state index contributed by atoms with van der Waals surface area (Å²) in [4.78, 5) is 4.46. The zero-order valence-corrected chi connectivity index (χ0v) is 13.9. The van der Waals surface area contributed by atoms with Crippen molar-refractivity contribution in [1.82, 2.24) is 25.3 Å². The summed E-state index contributed by atoms with van der Waals surface area (Å²) >= 11 is 0. The van der Waals surface area contributed by atoms with Crippen molar-refractivity contribution in [3.63, 3.8) is 0 Å². The third-order valence-corrected chi connectivity index (χ3v) is 3.50. The van der Waals surface area contributed by atoms with Crippen molar-refractivity contribution in [2.45, 2.75) is 12.8 Å². The normalized spacial score (nSPS) is 11.7. The summed E-state index contributed by atoms with van der Waals surface area (Å²) in [5.41, 5.74) is 1.34. The molecule has 0 spiro atoms. The lowest BCUT2D eigenvalue weighted by Gasteiger charge is -2.10. The van der Waals surface area contributed by atoms with Crippen LogP contribution in [0, 0.1) is 0 Å². The van der Waals surface area contributed by atoms with Crippen LogP contribution in [0.5, 0.6) is 5.75 Å². The number of hydrogen-bond acceptors (Lipinski definition) is 6. The number of rotatable bonds is 7. The van der Waals surface area contributed by atoms with E-state index in [0.717, 1.165) is 19.5 Å². The summed E-state index contributed by atoms with van der Waals surface area (Å²) in [6.45, 7) is 1.61. The standard InChI is InChI=1S/C16H17F3N6O/c1-20-8-3-9-21-14-7-6-13-15(22-14)25(24-23-13)11-4-2-5-12(10-11)26-16(17,18)19/h2,4-7,10,20H,3,8-9H2,1H3,(H,21,22). The predicted octanol–water partition coefficient (Wildman–Crippen LogP) is 2.74. The molecule has 0 aliphatic rings. The van der Waals surface area contributed by atoms with Crippen LogP contribution in [-0.2, 0) is 0 Å². The number of hydrogen-bond donors (Lipinski definition) is 2. The van der Waals surface area contributed by atoms with Gasteiger partial charge in [-0.3, -0.25) is 0 Å². The fraction of sp³-hybridized carbons (Fsp3) is 0.312. The third kappa shape index (κ3) is 4.39. The second-order valence-corrected chi connectivity index (χ2v) is 5.47. The number of pyridine rings is 1. The lowest BCUT2D eigenvalue weighted by atomic mass is 10.3. The highest BCUT2D eigenvalue weighted by Crippen LogP contribution is 2.25. The van der Waals surface area contributed by atoms with Gasteiger partial charge >= 0.3 is 6.36 Å². The number of aromatic nitrogens is 4. The van der Waals surface area contributed by atoms with E-state index in [-0.39, 0.29) is 5.75 Å². The molecule has 0 saturated heterocycles. The minimum Gasteiger partial charge on any atom is -0.406 e. The van der Waals surface area contributed by atoms with E-state index in [1.54, 1.807) is 18.2 Å². The number of benzene rings is 1. The molecule has 0 aliphatic heterocycles. The van der Waals surface area contributed by atoms with E-state index in [1.807, 2.05) is 7.05 Å². The van der Waals surface area contributed by atoms with E-state index in [1.165, 1.54) is 22.9 Å². The van der Waals surface area contributed by atoms with Gasteiger partial charge < -0.3 is 15.4 Å². The van der Waals surface area contributed by atoms with Gasteiger partial charge in [0.05, 0.1) is 5.69 Å². The molecule has 26 heavy (non-hydrogen) atoms. The van der Waals surface area contributed by atoms with Gasteiger partial charge in [0.15, 0.2) is 5.65 Å². The molecule has 0 saturated carbocycles. The quantitative estimate of drug-likeness (QED) is 0.626. The van der Waals surface area contributed by atoms with Gasteiger partial charge in [-0.25, -0.2) is 4.98 Å². The maximum atomic E-state index is 12.4. The second-order valence-electron chi connectivity index (χ2n) is 5.47. The molecule has 2 heterocycles. The second kappa shape index (κ2) is 7.56. The number of nitrogens with zero attached hydrogens (tertiary/aromatic N) is 4. The minimum atomic E-state index is -4.76. The molecule has 0 fully saturated rings. The molecule has 0 aliphatic carbocycles.